The van der Waals surface area contributed by atoms with Crippen LogP contribution in [0, 0.1) is 29.1 Å². The fraction of sp³-hybridized carbons (Fsp3) is 0.0952. The lowest BCUT2D eigenvalue weighted by molar-refractivity contribution is -0.135. The molecule has 0 atom stereocenters. The molecule has 0 amide bonds. The summed E-state index contributed by atoms with van der Waals surface area (Å²) in [4.78, 5) is 14.5. The van der Waals surface area contributed by atoms with Gasteiger partial charge in [0.2, 0.25) is 11.6 Å². The second-order valence-corrected chi connectivity index (χ2v) is 6.49. The Morgan fingerprint density at radius 3 is 1.90 bits per heavy atom. The van der Waals surface area contributed by atoms with Gasteiger partial charge in [-0.05, 0) is 59.7 Å². The molecular weight excluding hydrogens is 393 g/mol. The van der Waals surface area contributed by atoms with E-state index in [0.717, 1.165) is 12.1 Å². The average Bonchev–Trinajstić information content (AvgIpc) is 2.68. The van der Waals surface area contributed by atoms with Crippen molar-refractivity contribution in [2.45, 2.75) is 5.92 Å². The van der Waals surface area contributed by atoms with Crippen LogP contribution >= 0.6 is 0 Å². The van der Waals surface area contributed by atoms with Crippen molar-refractivity contribution in [2.75, 3.05) is 11.9 Å². The van der Waals surface area contributed by atoms with Crippen LogP contribution < -0.4 is 9.64 Å². The molecule has 0 radical (unpaired) electrons. The summed E-state index contributed by atoms with van der Waals surface area (Å²) in [5, 5.41) is 0. The van der Waals surface area contributed by atoms with E-state index < -0.39 is 46.7 Å². The maximum Gasteiger partial charge on any atom is 0.323 e. The Morgan fingerprint density at radius 1 is 0.828 bits per heavy atom. The molecule has 1 aliphatic heterocycles. The summed E-state index contributed by atoms with van der Waals surface area (Å²) in [6, 6.07) is 8.47. The number of hydrogen-bond donors (Lipinski definition) is 0. The molecule has 1 heterocycles. The van der Waals surface area contributed by atoms with Crippen LogP contribution in [0.2, 0.25) is 0 Å². The highest BCUT2D eigenvalue weighted by atomic mass is 19.2. The van der Waals surface area contributed by atoms with Crippen molar-refractivity contribution in [1.82, 2.24) is 0 Å². The number of nitrogens with zero attached hydrogens (tertiary/aromatic N) is 1. The van der Waals surface area contributed by atoms with E-state index in [-0.39, 0.29) is 11.1 Å². The molecule has 1 aliphatic rings. The minimum absolute atomic E-state index is 0.118. The van der Waals surface area contributed by atoms with E-state index in [2.05, 4.69) is 0 Å². The van der Waals surface area contributed by atoms with Crippen molar-refractivity contribution in [3.8, 4) is 5.75 Å². The van der Waals surface area contributed by atoms with E-state index in [1.807, 2.05) is 0 Å². The summed E-state index contributed by atoms with van der Waals surface area (Å²) in [5.41, 5.74) is 1.08. The molecule has 0 N–H and O–H groups in total. The third-order valence-corrected chi connectivity index (χ3v) is 4.76. The van der Waals surface area contributed by atoms with Crippen LogP contribution in [-0.2, 0) is 4.79 Å². The van der Waals surface area contributed by atoms with Gasteiger partial charge in [0, 0.05) is 18.4 Å². The van der Waals surface area contributed by atoms with Crippen LogP contribution in [-0.4, -0.2) is 13.0 Å². The van der Waals surface area contributed by atoms with E-state index >= 15 is 0 Å². The Balaban J connectivity index is 1.86. The lowest BCUT2D eigenvalue weighted by Crippen LogP contribution is -2.29. The average molecular weight is 405 g/mol. The third kappa shape index (κ3) is 3.10. The number of halogens is 5. The summed E-state index contributed by atoms with van der Waals surface area (Å²) < 4.78 is 74.0. The van der Waals surface area contributed by atoms with Crippen molar-refractivity contribution >= 4 is 17.3 Å². The lowest BCUT2D eigenvalue weighted by atomic mass is 9.85. The molecule has 0 unspecified atom stereocenters. The lowest BCUT2D eigenvalue weighted by Gasteiger charge is -2.34. The number of anilines is 2. The number of rotatable bonds is 2. The topological polar surface area (TPSA) is 29.5 Å². The van der Waals surface area contributed by atoms with E-state index in [9.17, 15) is 26.7 Å². The van der Waals surface area contributed by atoms with Gasteiger partial charge in [0.25, 0.3) is 0 Å². The largest absolute Gasteiger partial charge is 0.419 e. The summed E-state index contributed by atoms with van der Waals surface area (Å²) in [6.45, 7) is 0. The molecule has 3 aromatic rings. The van der Waals surface area contributed by atoms with Crippen LogP contribution in [0.15, 0.2) is 48.5 Å². The molecule has 4 rings (SSSR count). The van der Waals surface area contributed by atoms with Crippen LogP contribution in [0.25, 0.3) is 0 Å². The molecule has 0 bridgehead atoms. The maximum absolute atomic E-state index is 14.0. The van der Waals surface area contributed by atoms with E-state index in [0.29, 0.717) is 23.5 Å². The van der Waals surface area contributed by atoms with E-state index in [4.69, 9.17) is 4.74 Å². The van der Waals surface area contributed by atoms with Gasteiger partial charge in [0.05, 0.1) is 0 Å². The molecule has 8 heteroatoms. The number of hydrogen-bond acceptors (Lipinski definition) is 3. The number of fused-ring (bicyclic) bond motifs is 2. The first-order valence-electron chi connectivity index (χ1n) is 8.45. The molecule has 0 aliphatic carbocycles. The summed E-state index contributed by atoms with van der Waals surface area (Å²) >= 11 is 0. The Morgan fingerprint density at radius 2 is 1.34 bits per heavy atom. The predicted octanol–water partition coefficient (Wildman–Crippen LogP) is 5.20. The Hall–Kier alpha value is -3.42. The molecule has 0 saturated carbocycles. The van der Waals surface area contributed by atoms with Crippen molar-refractivity contribution in [1.29, 1.82) is 0 Å². The Labute approximate surface area is 161 Å². The monoisotopic (exact) mass is 405 g/mol. The number of ether oxygens (including phenoxy) is 1. The summed E-state index contributed by atoms with van der Waals surface area (Å²) in [5.74, 6) is -9.52. The van der Waals surface area contributed by atoms with Crippen molar-refractivity contribution in [3.05, 3.63) is 88.7 Å². The van der Waals surface area contributed by atoms with Crippen molar-refractivity contribution < 1.29 is 31.5 Å². The highest BCUT2D eigenvalue weighted by Gasteiger charge is 2.36. The highest BCUT2D eigenvalue weighted by molar-refractivity contribution is 5.92. The van der Waals surface area contributed by atoms with Crippen LogP contribution in [0.5, 0.6) is 5.75 Å². The molecule has 148 valence electrons. The first kappa shape index (κ1) is 18.9. The van der Waals surface area contributed by atoms with Gasteiger partial charge in [-0.1, -0.05) is 0 Å². The van der Waals surface area contributed by atoms with Crippen molar-refractivity contribution in [2.24, 2.45) is 0 Å². The van der Waals surface area contributed by atoms with E-state index in [1.54, 1.807) is 11.9 Å². The SMILES string of the molecule is CN1c2ccc(F)cc2C(C(=O)Oc2c(F)ccc(F)c2F)c2cc(F)ccc21. The zero-order valence-electron chi connectivity index (χ0n) is 14.8. The first-order valence-corrected chi connectivity index (χ1v) is 8.45. The second-order valence-electron chi connectivity index (χ2n) is 6.49. The quantitative estimate of drug-likeness (QED) is 0.254. The second kappa shape index (κ2) is 6.88. The van der Waals surface area contributed by atoms with Crippen LogP contribution in [0.1, 0.15) is 17.0 Å². The number of esters is 1. The Kier molecular flexibility index (Phi) is 4.49. The minimum Gasteiger partial charge on any atom is -0.419 e. The number of benzene rings is 3. The highest BCUT2D eigenvalue weighted by Crippen LogP contribution is 2.46. The molecule has 0 aromatic heterocycles. The molecule has 3 aromatic carbocycles. The van der Waals surface area contributed by atoms with E-state index in [1.165, 1.54) is 24.3 Å². The third-order valence-electron chi connectivity index (χ3n) is 4.76. The van der Waals surface area contributed by atoms with Gasteiger partial charge in [0.15, 0.2) is 11.6 Å². The van der Waals surface area contributed by atoms with Gasteiger partial charge >= 0.3 is 5.97 Å². The van der Waals surface area contributed by atoms with Gasteiger partial charge in [-0.2, -0.15) is 4.39 Å². The number of carbonyl (C=O) groups is 1. The smallest absolute Gasteiger partial charge is 0.323 e. The first-order chi connectivity index (χ1) is 13.8. The van der Waals surface area contributed by atoms with Gasteiger partial charge in [-0.15, -0.1) is 0 Å². The zero-order valence-corrected chi connectivity index (χ0v) is 14.8. The minimum atomic E-state index is -1.68. The molecule has 29 heavy (non-hydrogen) atoms. The Bertz CT molecular complexity index is 1090. The summed E-state index contributed by atoms with van der Waals surface area (Å²) in [7, 11) is 1.64. The molecular formula is C21H12F5NO2. The molecule has 0 saturated heterocycles. The van der Waals surface area contributed by atoms with Gasteiger partial charge in [0.1, 0.15) is 17.6 Å². The molecule has 3 nitrogen and oxygen atoms in total. The van der Waals surface area contributed by atoms with Gasteiger partial charge < -0.3 is 9.64 Å². The predicted molar refractivity (Wildman–Crippen MR) is 94.7 cm³/mol. The van der Waals surface area contributed by atoms with Gasteiger partial charge in [-0.25, -0.2) is 17.6 Å². The number of carbonyl (C=O) groups excluding carboxylic acids is 1. The molecule has 0 fully saturated rings. The standard InChI is InChI=1S/C21H12F5NO2/c1-27-16-6-2-10(22)8-12(16)18(13-9-11(23)3-7-17(13)27)21(28)29-20-15(25)5-4-14(24)19(20)26/h2-9,18H,1H3. The fourth-order valence-corrected chi connectivity index (χ4v) is 3.44. The molecule has 0 spiro atoms. The van der Waals surface area contributed by atoms with Crippen LogP contribution in [0.4, 0.5) is 33.3 Å². The maximum atomic E-state index is 14.0. The van der Waals surface area contributed by atoms with Gasteiger partial charge in [-0.3, -0.25) is 4.79 Å². The van der Waals surface area contributed by atoms with Crippen LogP contribution in [0.3, 0.4) is 0 Å². The fourth-order valence-electron chi connectivity index (χ4n) is 3.44. The zero-order chi connectivity index (χ0) is 20.9. The normalized spacial score (nSPS) is 13.1. The summed E-state index contributed by atoms with van der Waals surface area (Å²) in [6.07, 6.45) is 0. The van der Waals surface area contributed by atoms with Crippen molar-refractivity contribution in [3.63, 3.8) is 0 Å².